The van der Waals surface area contributed by atoms with E-state index in [1.165, 1.54) is 24.1 Å². The Bertz CT molecular complexity index is 1750. The first-order valence-corrected chi connectivity index (χ1v) is 15.0. The molecule has 9 nitrogen and oxygen atoms in total. The number of nitriles is 1. The zero-order valence-electron chi connectivity index (χ0n) is 23.4. The Balaban J connectivity index is 1.36. The molecule has 5 rings (SSSR count). The van der Waals surface area contributed by atoms with E-state index in [-0.39, 0.29) is 36.9 Å². The van der Waals surface area contributed by atoms with Gasteiger partial charge >= 0.3 is 0 Å². The van der Waals surface area contributed by atoms with Gasteiger partial charge in [-0.05, 0) is 78.2 Å². The first-order valence-electron chi connectivity index (χ1n) is 13.5. The van der Waals surface area contributed by atoms with Crippen molar-refractivity contribution in [3.8, 4) is 28.7 Å². The van der Waals surface area contributed by atoms with Crippen LogP contribution in [0.2, 0.25) is 0 Å². The molecule has 1 N–H and O–H groups in total. The van der Waals surface area contributed by atoms with Crippen LogP contribution in [-0.2, 0) is 14.8 Å². The van der Waals surface area contributed by atoms with E-state index in [1.807, 2.05) is 24.3 Å². The molecule has 1 unspecified atom stereocenters. The molecular weight excluding hydrogens is 566 g/mol. The van der Waals surface area contributed by atoms with Crippen molar-refractivity contribution in [2.45, 2.75) is 11.3 Å². The predicted molar refractivity (Wildman–Crippen MR) is 160 cm³/mol. The number of hydrogen-bond acceptors (Lipinski definition) is 7. The van der Waals surface area contributed by atoms with Crippen LogP contribution in [0.25, 0.3) is 11.1 Å². The molecule has 0 aromatic heterocycles. The number of sulfonamides is 1. The van der Waals surface area contributed by atoms with Gasteiger partial charge < -0.3 is 14.4 Å². The second kappa shape index (κ2) is 12.4. The smallest absolute Gasteiger partial charge is 0.264 e. The van der Waals surface area contributed by atoms with Crippen LogP contribution in [0.3, 0.4) is 0 Å². The standard InChI is InChI=1S/C33H29N3O6S/c1-41-28-15-13-27(14-16-28)31(37)36-20-19-33(22-36,32(38)35-43(39,40)30-5-3-2-4-6-30)23-42-29-17-11-26(12-18-29)25-9-7-24(21-34)8-10-25/h2-18H,19-20,22-23H2,1H3,(H,35,38). The molecule has 43 heavy (non-hydrogen) atoms. The quantitative estimate of drug-likeness (QED) is 0.299. The first-order chi connectivity index (χ1) is 20.7. The minimum absolute atomic E-state index is 0.0304. The highest BCUT2D eigenvalue weighted by atomic mass is 32.2. The molecule has 2 amide bonds. The van der Waals surface area contributed by atoms with Gasteiger partial charge in [0, 0.05) is 18.7 Å². The lowest BCUT2D eigenvalue weighted by Crippen LogP contribution is -2.49. The maximum absolute atomic E-state index is 13.7. The minimum atomic E-state index is -4.15. The van der Waals surface area contributed by atoms with Crippen LogP contribution in [0.15, 0.2) is 108 Å². The number of carbonyl (C=O) groups excluding carboxylic acids is 2. The SMILES string of the molecule is COc1ccc(C(=O)N2CCC(COc3ccc(-c4ccc(C#N)cc4)cc3)(C(=O)NS(=O)(=O)c3ccccc3)C2)cc1. The van der Waals surface area contributed by atoms with Crippen molar-refractivity contribution < 1.29 is 27.5 Å². The summed E-state index contributed by atoms with van der Waals surface area (Å²) in [6.45, 7) is 0.0632. The number of nitrogens with one attached hydrogen (secondary N) is 1. The van der Waals surface area contributed by atoms with Gasteiger partial charge in [0.1, 0.15) is 23.5 Å². The number of nitrogens with zero attached hydrogens (tertiary/aromatic N) is 2. The van der Waals surface area contributed by atoms with Crippen LogP contribution in [0.4, 0.5) is 0 Å². The Hall–Kier alpha value is -5.14. The summed E-state index contributed by atoms with van der Waals surface area (Å²) in [5, 5.41) is 9.03. The van der Waals surface area contributed by atoms with Gasteiger partial charge in [0.15, 0.2) is 0 Å². The summed E-state index contributed by atoms with van der Waals surface area (Å²) in [6.07, 6.45) is 0.203. The fourth-order valence-electron chi connectivity index (χ4n) is 4.92. The summed E-state index contributed by atoms with van der Waals surface area (Å²) in [6, 6.07) is 30.8. The van der Waals surface area contributed by atoms with Gasteiger partial charge in [-0.25, -0.2) is 13.1 Å². The summed E-state index contributed by atoms with van der Waals surface area (Å²) in [5.41, 5.74) is 1.51. The zero-order valence-corrected chi connectivity index (χ0v) is 24.2. The Morgan fingerprint density at radius 2 is 1.49 bits per heavy atom. The highest BCUT2D eigenvalue weighted by Crippen LogP contribution is 2.34. The number of carbonyl (C=O) groups is 2. The lowest BCUT2D eigenvalue weighted by Gasteiger charge is -2.28. The second-order valence-corrected chi connectivity index (χ2v) is 11.9. The van der Waals surface area contributed by atoms with Gasteiger partial charge in [-0.2, -0.15) is 5.26 Å². The van der Waals surface area contributed by atoms with Crippen LogP contribution in [-0.4, -0.2) is 51.9 Å². The fraction of sp³-hybridized carbons (Fsp3) is 0.182. The molecule has 0 saturated carbocycles. The third kappa shape index (κ3) is 6.52. The van der Waals surface area contributed by atoms with Crippen LogP contribution < -0.4 is 14.2 Å². The Labute approximate surface area is 250 Å². The number of rotatable bonds is 9. The van der Waals surface area contributed by atoms with Gasteiger partial charge in [0.05, 0.1) is 23.6 Å². The van der Waals surface area contributed by atoms with Crippen LogP contribution in [0, 0.1) is 16.7 Å². The van der Waals surface area contributed by atoms with Crippen molar-refractivity contribution >= 4 is 21.8 Å². The number of amides is 2. The van der Waals surface area contributed by atoms with E-state index in [9.17, 15) is 18.0 Å². The molecule has 4 aromatic carbocycles. The number of hydrogen-bond donors (Lipinski definition) is 1. The second-order valence-electron chi connectivity index (χ2n) is 10.2. The third-order valence-corrected chi connectivity index (χ3v) is 8.80. The molecular formula is C33H29N3O6S. The molecule has 1 fully saturated rings. The average Bonchev–Trinajstić information content (AvgIpc) is 3.50. The molecule has 0 aliphatic carbocycles. The first kappa shape index (κ1) is 29.4. The van der Waals surface area contributed by atoms with Crippen LogP contribution >= 0.6 is 0 Å². The molecule has 1 heterocycles. The van der Waals surface area contributed by atoms with Gasteiger partial charge in [-0.1, -0.05) is 42.5 Å². The summed E-state index contributed by atoms with van der Waals surface area (Å²) in [7, 11) is -2.61. The van der Waals surface area contributed by atoms with E-state index in [4.69, 9.17) is 14.7 Å². The maximum atomic E-state index is 13.7. The van der Waals surface area contributed by atoms with Gasteiger partial charge in [0.25, 0.3) is 15.9 Å². The molecule has 10 heteroatoms. The summed E-state index contributed by atoms with van der Waals surface area (Å²) < 4.78 is 39.6. The lowest BCUT2D eigenvalue weighted by molar-refractivity contribution is -0.130. The Morgan fingerprint density at radius 3 is 2.09 bits per heavy atom. The van der Waals surface area contributed by atoms with Crippen LogP contribution in [0.1, 0.15) is 22.3 Å². The van der Waals surface area contributed by atoms with Crippen LogP contribution in [0.5, 0.6) is 11.5 Å². The van der Waals surface area contributed by atoms with Gasteiger partial charge in [-0.15, -0.1) is 0 Å². The van der Waals surface area contributed by atoms with Gasteiger partial charge in [-0.3, -0.25) is 9.59 Å². The molecule has 218 valence electrons. The molecule has 1 aliphatic heterocycles. The van der Waals surface area contributed by atoms with E-state index >= 15 is 0 Å². The van der Waals surface area contributed by atoms with Gasteiger partial charge in [0.2, 0.25) is 5.91 Å². The number of ether oxygens (including phenoxy) is 2. The molecule has 0 spiro atoms. The summed E-state index contributed by atoms with van der Waals surface area (Å²) in [4.78, 5) is 28.5. The van der Waals surface area contributed by atoms with Crippen molar-refractivity contribution in [2.75, 3.05) is 26.8 Å². The Kier molecular flexibility index (Phi) is 8.46. The van der Waals surface area contributed by atoms with Crippen molar-refractivity contribution in [2.24, 2.45) is 5.41 Å². The molecule has 1 aliphatic rings. The topological polar surface area (TPSA) is 126 Å². The number of benzene rings is 4. The third-order valence-electron chi connectivity index (χ3n) is 7.46. The molecule has 1 saturated heterocycles. The zero-order chi connectivity index (χ0) is 30.5. The number of methoxy groups -OCH3 is 1. The number of likely N-dealkylation sites (tertiary alicyclic amines) is 1. The molecule has 1 atom stereocenters. The summed E-state index contributed by atoms with van der Waals surface area (Å²) in [5.74, 6) is 0.0671. The maximum Gasteiger partial charge on any atom is 0.264 e. The predicted octanol–water partition coefficient (Wildman–Crippen LogP) is 4.65. The van der Waals surface area contributed by atoms with E-state index < -0.39 is 21.3 Å². The van der Waals surface area contributed by atoms with Crippen molar-refractivity contribution in [1.82, 2.24) is 9.62 Å². The molecule has 4 aromatic rings. The largest absolute Gasteiger partial charge is 0.497 e. The lowest BCUT2D eigenvalue weighted by atomic mass is 9.87. The normalized spacial score (nSPS) is 16.2. The van der Waals surface area contributed by atoms with E-state index in [0.29, 0.717) is 22.6 Å². The van der Waals surface area contributed by atoms with E-state index in [1.54, 1.807) is 66.7 Å². The summed E-state index contributed by atoms with van der Waals surface area (Å²) >= 11 is 0. The molecule has 0 bridgehead atoms. The van der Waals surface area contributed by atoms with Crippen molar-refractivity contribution in [3.63, 3.8) is 0 Å². The molecule has 0 radical (unpaired) electrons. The van der Waals surface area contributed by atoms with Crippen molar-refractivity contribution in [3.05, 3.63) is 114 Å². The highest BCUT2D eigenvalue weighted by molar-refractivity contribution is 7.90. The Morgan fingerprint density at radius 1 is 0.884 bits per heavy atom. The van der Waals surface area contributed by atoms with Crippen molar-refractivity contribution in [1.29, 1.82) is 5.26 Å². The van der Waals surface area contributed by atoms with E-state index in [2.05, 4.69) is 10.8 Å². The minimum Gasteiger partial charge on any atom is -0.497 e. The fourth-order valence-corrected chi connectivity index (χ4v) is 6.02. The highest BCUT2D eigenvalue weighted by Gasteiger charge is 2.48. The average molecular weight is 596 g/mol. The van der Waals surface area contributed by atoms with E-state index in [0.717, 1.165) is 11.1 Å². The monoisotopic (exact) mass is 595 g/mol.